The van der Waals surface area contributed by atoms with Crippen LogP contribution in [0.25, 0.3) is 0 Å². The van der Waals surface area contributed by atoms with Crippen molar-refractivity contribution in [3.8, 4) is 11.5 Å². The molecule has 3 atom stereocenters. The molecule has 4 rings (SSSR count). The Morgan fingerprint density at radius 3 is 2.93 bits per heavy atom. The topological polar surface area (TPSA) is 62.2 Å². The summed E-state index contributed by atoms with van der Waals surface area (Å²) in [6.45, 7) is 6.94. The predicted octanol–water partition coefficient (Wildman–Crippen LogP) is 3.03. The second kappa shape index (κ2) is 6.75. The van der Waals surface area contributed by atoms with E-state index in [1.165, 1.54) is 5.56 Å². The summed E-state index contributed by atoms with van der Waals surface area (Å²) in [5.41, 5.74) is 2.06. The number of rotatable bonds is 3. The molecule has 1 aromatic carbocycles. The van der Waals surface area contributed by atoms with Crippen LogP contribution in [-0.2, 0) is 16.7 Å². The molecule has 6 nitrogen and oxygen atoms in total. The number of carbonyl (C=O) groups excluding carboxylic acids is 1. The van der Waals surface area contributed by atoms with Crippen LogP contribution in [0.1, 0.15) is 37.8 Å². The van der Waals surface area contributed by atoms with Crippen molar-refractivity contribution in [1.82, 2.24) is 9.80 Å². The zero-order valence-electron chi connectivity index (χ0n) is 16.3. The minimum absolute atomic E-state index is 0.134. The van der Waals surface area contributed by atoms with Gasteiger partial charge in [-0.15, -0.1) is 0 Å². The summed E-state index contributed by atoms with van der Waals surface area (Å²) in [7, 11) is 2.12. The average Bonchev–Trinajstić information content (AvgIpc) is 2.91. The Labute approximate surface area is 160 Å². The molecule has 1 aromatic rings. The maximum absolute atomic E-state index is 12.3. The molecule has 0 fully saturated rings. The highest BCUT2D eigenvalue weighted by atomic mass is 16.6. The van der Waals surface area contributed by atoms with Crippen LogP contribution in [0.15, 0.2) is 24.3 Å². The average molecular weight is 372 g/mol. The van der Waals surface area contributed by atoms with Crippen molar-refractivity contribution in [1.29, 1.82) is 0 Å². The van der Waals surface area contributed by atoms with Crippen LogP contribution in [-0.4, -0.2) is 59.9 Å². The number of hydrogen-bond acceptors (Lipinski definition) is 5. The summed E-state index contributed by atoms with van der Waals surface area (Å²) in [4.78, 5) is 16.3. The fourth-order valence-corrected chi connectivity index (χ4v) is 4.69. The van der Waals surface area contributed by atoms with E-state index in [0.717, 1.165) is 25.1 Å². The molecule has 0 bridgehead atoms. The Balaban J connectivity index is 1.65. The van der Waals surface area contributed by atoms with Crippen LogP contribution in [0.5, 0.6) is 11.5 Å². The number of carbonyl (C=O) groups is 1. The largest absolute Gasteiger partial charge is 0.504 e. The number of hydrogen-bond donors (Lipinski definition) is 1. The van der Waals surface area contributed by atoms with Gasteiger partial charge in [-0.3, -0.25) is 0 Å². The molecule has 0 aromatic heterocycles. The smallest absolute Gasteiger partial charge is 0.410 e. The van der Waals surface area contributed by atoms with Gasteiger partial charge in [-0.05, 0) is 51.6 Å². The SMILES string of the molecule is CCN(CC)C(=O)O[C@H]1C=C[C@@]23CCN(C)Cc4ccc(O)c(c42)O[C@H]3C1. The maximum Gasteiger partial charge on any atom is 0.410 e. The molecule has 146 valence electrons. The Morgan fingerprint density at radius 1 is 1.41 bits per heavy atom. The van der Waals surface area contributed by atoms with Gasteiger partial charge in [0.05, 0.1) is 5.41 Å². The Morgan fingerprint density at radius 2 is 2.19 bits per heavy atom. The molecular formula is C21H28N2O4. The van der Waals surface area contributed by atoms with Crippen LogP contribution >= 0.6 is 0 Å². The standard InChI is InChI=1S/C21H28N2O4/c1-4-23(5-2)20(25)26-15-8-9-21-10-11-22(3)13-14-6-7-16(24)19(18(14)21)27-17(21)12-15/h6-9,15,17,24H,4-5,10-13H2,1-3H3/t15-,17-,21-/m0/s1. The summed E-state index contributed by atoms with van der Waals surface area (Å²) < 4.78 is 12.0. The highest BCUT2D eigenvalue weighted by Gasteiger charge is 2.53. The lowest BCUT2D eigenvalue weighted by atomic mass is 9.69. The molecule has 0 unspecified atom stereocenters. The number of aromatic hydroxyl groups is 1. The molecule has 1 spiro atoms. The summed E-state index contributed by atoms with van der Waals surface area (Å²) in [6, 6.07) is 3.73. The van der Waals surface area contributed by atoms with E-state index < -0.39 is 0 Å². The van der Waals surface area contributed by atoms with Gasteiger partial charge in [-0.2, -0.15) is 0 Å². The van der Waals surface area contributed by atoms with Gasteiger partial charge in [0, 0.05) is 31.6 Å². The molecule has 3 aliphatic rings. The first-order valence-corrected chi connectivity index (χ1v) is 9.84. The first-order valence-electron chi connectivity index (χ1n) is 9.84. The van der Waals surface area contributed by atoms with E-state index in [1.807, 2.05) is 26.0 Å². The molecule has 0 radical (unpaired) electrons. The molecule has 6 heteroatoms. The number of amides is 1. The van der Waals surface area contributed by atoms with Crippen molar-refractivity contribution in [3.05, 3.63) is 35.4 Å². The van der Waals surface area contributed by atoms with E-state index in [2.05, 4.69) is 18.0 Å². The molecule has 0 saturated heterocycles. The van der Waals surface area contributed by atoms with E-state index in [-0.39, 0.29) is 29.5 Å². The van der Waals surface area contributed by atoms with Crippen LogP contribution in [0.4, 0.5) is 4.79 Å². The monoisotopic (exact) mass is 372 g/mol. The number of phenolic OH excluding ortho intramolecular Hbond substituents is 1. The highest BCUT2D eigenvalue weighted by Crippen LogP contribution is 2.55. The zero-order chi connectivity index (χ0) is 19.2. The van der Waals surface area contributed by atoms with Crippen molar-refractivity contribution in [2.24, 2.45) is 0 Å². The normalized spacial score (nSPS) is 28.7. The van der Waals surface area contributed by atoms with Crippen molar-refractivity contribution < 1.29 is 19.4 Å². The number of phenols is 1. The van der Waals surface area contributed by atoms with Gasteiger partial charge in [0.15, 0.2) is 11.5 Å². The van der Waals surface area contributed by atoms with E-state index in [0.29, 0.717) is 25.3 Å². The Bertz CT molecular complexity index is 774. The van der Waals surface area contributed by atoms with Crippen molar-refractivity contribution in [2.75, 3.05) is 26.7 Å². The second-order valence-electron chi connectivity index (χ2n) is 7.77. The first kappa shape index (κ1) is 18.2. The minimum atomic E-state index is -0.311. The third-order valence-corrected chi connectivity index (χ3v) is 6.20. The molecule has 0 saturated carbocycles. The fraction of sp³-hybridized carbons (Fsp3) is 0.571. The first-order chi connectivity index (χ1) is 13.0. The van der Waals surface area contributed by atoms with Crippen molar-refractivity contribution in [2.45, 2.75) is 50.9 Å². The second-order valence-corrected chi connectivity index (χ2v) is 7.77. The Kier molecular flexibility index (Phi) is 4.54. The van der Waals surface area contributed by atoms with Gasteiger partial charge in [-0.1, -0.05) is 12.1 Å². The van der Waals surface area contributed by atoms with E-state index in [4.69, 9.17) is 9.47 Å². The van der Waals surface area contributed by atoms with Gasteiger partial charge < -0.3 is 24.4 Å². The maximum atomic E-state index is 12.3. The van der Waals surface area contributed by atoms with Gasteiger partial charge in [0.2, 0.25) is 0 Å². The van der Waals surface area contributed by atoms with Gasteiger partial charge >= 0.3 is 6.09 Å². The van der Waals surface area contributed by atoms with Crippen LogP contribution in [0.2, 0.25) is 0 Å². The summed E-state index contributed by atoms with van der Waals surface area (Å²) in [6.07, 6.45) is 4.96. The quantitative estimate of drug-likeness (QED) is 0.827. The summed E-state index contributed by atoms with van der Waals surface area (Å²) >= 11 is 0. The lowest BCUT2D eigenvalue weighted by molar-refractivity contribution is 0.0430. The van der Waals surface area contributed by atoms with Crippen LogP contribution < -0.4 is 4.74 Å². The van der Waals surface area contributed by atoms with Crippen molar-refractivity contribution >= 4 is 6.09 Å². The van der Waals surface area contributed by atoms with E-state index in [9.17, 15) is 9.90 Å². The Hall–Kier alpha value is -2.21. The third-order valence-electron chi connectivity index (χ3n) is 6.20. The molecule has 1 amide bonds. The molecule has 27 heavy (non-hydrogen) atoms. The lowest BCUT2D eigenvalue weighted by Crippen LogP contribution is -2.44. The minimum Gasteiger partial charge on any atom is -0.504 e. The third kappa shape index (κ3) is 2.87. The van der Waals surface area contributed by atoms with Crippen LogP contribution in [0.3, 0.4) is 0 Å². The molecule has 1 aliphatic carbocycles. The number of ether oxygens (including phenoxy) is 2. The predicted molar refractivity (Wildman–Crippen MR) is 102 cm³/mol. The zero-order valence-corrected chi connectivity index (χ0v) is 16.3. The number of nitrogens with zero attached hydrogens (tertiary/aromatic N) is 2. The van der Waals surface area contributed by atoms with Crippen molar-refractivity contribution in [3.63, 3.8) is 0 Å². The van der Waals surface area contributed by atoms with Gasteiger partial charge in [0.1, 0.15) is 12.2 Å². The van der Waals surface area contributed by atoms with E-state index in [1.54, 1.807) is 11.0 Å². The van der Waals surface area contributed by atoms with Gasteiger partial charge in [-0.25, -0.2) is 4.79 Å². The molecule has 1 N–H and O–H groups in total. The summed E-state index contributed by atoms with van der Waals surface area (Å²) in [5, 5.41) is 10.4. The fourth-order valence-electron chi connectivity index (χ4n) is 4.69. The summed E-state index contributed by atoms with van der Waals surface area (Å²) in [5.74, 6) is 0.797. The highest BCUT2D eigenvalue weighted by molar-refractivity contribution is 5.68. The van der Waals surface area contributed by atoms with Crippen LogP contribution in [0, 0.1) is 0 Å². The van der Waals surface area contributed by atoms with Gasteiger partial charge in [0.25, 0.3) is 0 Å². The molecular weight excluding hydrogens is 344 g/mol. The molecule has 2 aliphatic heterocycles. The number of benzene rings is 1. The van der Waals surface area contributed by atoms with E-state index >= 15 is 0 Å². The lowest BCUT2D eigenvalue weighted by Gasteiger charge is -2.37. The molecule has 2 heterocycles.